The van der Waals surface area contributed by atoms with Gasteiger partial charge < -0.3 is 0 Å². The Kier molecular flexibility index (Phi) is 3.29. The van der Waals surface area contributed by atoms with Gasteiger partial charge in [-0.05, 0) is 19.8 Å². The van der Waals surface area contributed by atoms with E-state index in [1.165, 1.54) is 5.31 Å². The summed E-state index contributed by atoms with van der Waals surface area (Å²) in [7, 11) is 0.144. The highest BCUT2D eigenvalue weighted by Crippen LogP contribution is 2.36. The number of hydrogen-bond donors (Lipinski definition) is 0. The van der Waals surface area contributed by atoms with Crippen molar-refractivity contribution in [2.45, 2.75) is 13.3 Å². The molecule has 0 N–H and O–H groups in total. The van der Waals surface area contributed by atoms with Gasteiger partial charge in [-0.15, -0.1) is 0 Å². The molecule has 0 aliphatic carbocycles. The van der Waals surface area contributed by atoms with Crippen LogP contribution in [-0.2, 0) is 0 Å². The molecule has 7 heavy (non-hydrogen) atoms. The molecule has 0 aromatic heterocycles. The van der Waals surface area contributed by atoms with Crippen molar-refractivity contribution in [1.29, 1.82) is 0 Å². The van der Waals surface area contributed by atoms with Gasteiger partial charge in [0, 0.05) is 0 Å². The number of rotatable bonds is 2. The Balaban J connectivity index is 3.35. The van der Waals surface area contributed by atoms with Crippen molar-refractivity contribution in [3.63, 3.8) is 0 Å². The molecular weight excluding hydrogens is 103 g/mol. The van der Waals surface area contributed by atoms with Crippen LogP contribution < -0.4 is 0 Å². The highest BCUT2D eigenvalue weighted by atomic mass is 31.1. The van der Waals surface area contributed by atoms with E-state index >= 15 is 0 Å². The van der Waals surface area contributed by atoms with Gasteiger partial charge in [-0.3, -0.25) is 0 Å². The van der Waals surface area contributed by atoms with Crippen LogP contribution in [0.3, 0.4) is 0 Å². The molecule has 42 valence electrons. The van der Waals surface area contributed by atoms with Gasteiger partial charge in [0.1, 0.15) is 0 Å². The second kappa shape index (κ2) is 3.21. The summed E-state index contributed by atoms with van der Waals surface area (Å²) in [5, 5.41) is 1.41. The SMILES string of the molecule is C=C(CC)P(C)C. The maximum Gasteiger partial charge on any atom is -0.0309 e. The summed E-state index contributed by atoms with van der Waals surface area (Å²) >= 11 is 0. The first-order valence-corrected chi connectivity index (χ1v) is 4.77. The molecule has 0 unspecified atom stereocenters. The lowest BCUT2D eigenvalue weighted by atomic mass is 10.5. The quantitative estimate of drug-likeness (QED) is 0.486. The molecule has 0 spiro atoms. The van der Waals surface area contributed by atoms with E-state index in [-0.39, 0.29) is 7.92 Å². The minimum Gasteiger partial charge on any atom is -0.0954 e. The number of allylic oxidation sites excluding steroid dienone is 1. The van der Waals surface area contributed by atoms with Gasteiger partial charge in [0.2, 0.25) is 0 Å². The van der Waals surface area contributed by atoms with Gasteiger partial charge in [-0.1, -0.05) is 26.7 Å². The standard InChI is InChI=1S/C6H13P/c1-5-6(2)7(3)4/h2,5H2,1,3-4H3. The molecule has 0 fully saturated rings. The fourth-order valence-corrected chi connectivity index (χ4v) is 0.949. The third-order valence-electron chi connectivity index (χ3n) is 1.04. The Hall–Kier alpha value is 0.170. The second-order valence-corrected chi connectivity index (χ2v) is 4.24. The van der Waals surface area contributed by atoms with Crippen molar-refractivity contribution in [3.05, 3.63) is 11.9 Å². The molecule has 0 radical (unpaired) electrons. The van der Waals surface area contributed by atoms with Crippen molar-refractivity contribution in [2.24, 2.45) is 0 Å². The molecule has 0 amide bonds. The molecule has 0 saturated carbocycles. The van der Waals surface area contributed by atoms with Crippen LogP contribution in [-0.4, -0.2) is 13.3 Å². The molecule has 0 atom stereocenters. The Morgan fingerprint density at radius 3 is 2.00 bits per heavy atom. The Labute approximate surface area is 47.4 Å². The average molecular weight is 116 g/mol. The van der Waals surface area contributed by atoms with Crippen molar-refractivity contribution >= 4 is 7.92 Å². The van der Waals surface area contributed by atoms with Crippen molar-refractivity contribution in [1.82, 2.24) is 0 Å². The molecule has 0 bridgehead atoms. The maximum absolute atomic E-state index is 3.90. The van der Waals surface area contributed by atoms with Gasteiger partial charge in [-0.25, -0.2) is 0 Å². The third-order valence-corrected chi connectivity index (χ3v) is 2.62. The lowest BCUT2D eigenvalue weighted by Crippen LogP contribution is -1.70. The zero-order chi connectivity index (χ0) is 5.86. The Morgan fingerprint density at radius 2 is 2.00 bits per heavy atom. The second-order valence-electron chi connectivity index (χ2n) is 1.81. The molecule has 0 aliphatic rings. The van der Waals surface area contributed by atoms with Gasteiger partial charge >= 0.3 is 0 Å². The Morgan fingerprint density at radius 1 is 1.57 bits per heavy atom. The zero-order valence-corrected chi connectivity index (χ0v) is 6.26. The zero-order valence-electron chi connectivity index (χ0n) is 5.36. The van der Waals surface area contributed by atoms with E-state index in [2.05, 4.69) is 26.8 Å². The summed E-state index contributed by atoms with van der Waals surface area (Å²) in [6.45, 7) is 10.5. The van der Waals surface area contributed by atoms with Crippen LogP contribution in [0.5, 0.6) is 0 Å². The lowest BCUT2D eigenvalue weighted by Gasteiger charge is -2.03. The van der Waals surface area contributed by atoms with Crippen LogP contribution in [0.4, 0.5) is 0 Å². The van der Waals surface area contributed by atoms with E-state index in [4.69, 9.17) is 0 Å². The van der Waals surface area contributed by atoms with Gasteiger partial charge in [0.25, 0.3) is 0 Å². The van der Waals surface area contributed by atoms with E-state index in [9.17, 15) is 0 Å². The first-order chi connectivity index (χ1) is 3.18. The number of hydrogen-bond acceptors (Lipinski definition) is 0. The fourth-order valence-electron chi connectivity index (χ4n) is 0.316. The Bertz CT molecular complexity index is 64.6. The molecule has 0 aromatic rings. The first-order valence-electron chi connectivity index (χ1n) is 2.53. The maximum atomic E-state index is 3.90. The average Bonchev–Trinajstić information content (AvgIpc) is 1.65. The summed E-state index contributed by atoms with van der Waals surface area (Å²) in [5.74, 6) is 0. The largest absolute Gasteiger partial charge is 0.0954 e. The topological polar surface area (TPSA) is 0 Å². The van der Waals surface area contributed by atoms with Gasteiger partial charge in [0.05, 0.1) is 0 Å². The van der Waals surface area contributed by atoms with Crippen molar-refractivity contribution < 1.29 is 0 Å². The normalized spacial score (nSPS) is 9.71. The van der Waals surface area contributed by atoms with E-state index in [1.54, 1.807) is 0 Å². The lowest BCUT2D eigenvalue weighted by molar-refractivity contribution is 1.20. The minimum absolute atomic E-state index is 0.144. The van der Waals surface area contributed by atoms with Crippen molar-refractivity contribution in [3.8, 4) is 0 Å². The molecule has 0 nitrogen and oxygen atoms in total. The van der Waals surface area contributed by atoms with Gasteiger partial charge in [-0.2, -0.15) is 0 Å². The van der Waals surface area contributed by atoms with Gasteiger partial charge in [0.15, 0.2) is 0 Å². The molecule has 0 saturated heterocycles. The monoisotopic (exact) mass is 116 g/mol. The predicted octanol–water partition coefficient (Wildman–Crippen LogP) is 2.65. The molecule has 0 aliphatic heterocycles. The highest BCUT2D eigenvalue weighted by Gasteiger charge is 1.92. The molecule has 1 heteroatoms. The fraction of sp³-hybridized carbons (Fsp3) is 0.667. The summed E-state index contributed by atoms with van der Waals surface area (Å²) in [4.78, 5) is 0. The summed E-state index contributed by atoms with van der Waals surface area (Å²) in [5.41, 5.74) is 0. The summed E-state index contributed by atoms with van der Waals surface area (Å²) in [6, 6.07) is 0. The molecule has 0 heterocycles. The first kappa shape index (κ1) is 7.17. The van der Waals surface area contributed by atoms with Crippen LogP contribution in [0.2, 0.25) is 0 Å². The minimum atomic E-state index is 0.144. The third kappa shape index (κ3) is 2.82. The van der Waals surface area contributed by atoms with E-state index < -0.39 is 0 Å². The van der Waals surface area contributed by atoms with E-state index in [0.29, 0.717) is 0 Å². The van der Waals surface area contributed by atoms with Crippen LogP contribution >= 0.6 is 7.92 Å². The summed E-state index contributed by atoms with van der Waals surface area (Å²) < 4.78 is 0. The van der Waals surface area contributed by atoms with E-state index in [0.717, 1.165) is 6.42 Å². The predicted molar refractivity (Wildman–Crippen MR) is 38.2 cm³/mol. The molecular formula is C6H13P. The molecule has 0 rings (SSSR count). The molecule has 0 aromatic carbocycles. The summed E-state index contributed by atoms with van der Waals surface area (Å²) in [6.07, 6.45) is 1.15. The van der Waals surface area contributed by atoms with Crippen LogP contribution in [0.1, 0.15) is 13.3 Å². The smallest absolute Gasteiger partial charge is 0.0309 e. The van der Waals surface area contributed by atoms with Crippen molar-refractivity contribution in [2.75, 3.05) is 13.3 Å². The van der Waals surface area contributed by atoms with E-state index in [1.807, 2.05) is 0 Å². The highest BCUT2D eigenvalue weighted by molar-refractivity contribution is 7.60. The van der Waals surface area contributed by atoms with Crippen LogP contribution in [0, 0.1) is 0 Å². The van der Waals surface area contributed by atoms with Crippen LogP contribution in [0.25, 0.3) is 0 Å². The van der Waals surface area contributed by atoms with Crippen LogP contribution in [0.15, 0.2) is 11.9 Å².